The molecule has 8 nitrogen and oxygen atoms in total. The maximum absolute atomic E-state index is 13.0. The molecule has 0 aromatic carbocycles. The number of ether oxygens (including phenoxy) is 2. The number of amides is 2. The van der Waals surface area contributed by atoms with Crippen LogP contribution < -0.4 is 0 Å². The van der Waals surface area contributed by atoms with Gasteiger partial charge in [-0.2, -0.15) is 0 Å². The van der Waals surface area contributed by atoms with E-state index in [9.17, 15) is 14.4 Å². The molecule has 1 atom stereocenters. The summed E-state index contributed by atoms with van der Waals surface area (Å²) in [5.74, 6) is 0.144. The molecule has 8 heteroatoms. The van der Waals surface area contributed by atoms with E-state index in [-0.39, 0.29) is 36.2 Å². The Labute approximate surface area is 177 Å². The van der Waals surface area contributed by atoms with E-state index in [0.29, 0.717) is 63.6 Å². The number of rotatable bonds is 8. The van der Waals surface area contributed by atoms with E-state index >= 15 is 0 Å². The molecule has 3 heterocycles. The van der Waals surface area contributed by atoms with Crippen LogP contribution in [-0.4, -0.2) is 73.1 Å². The summed E-state index contributed by atoms with van der Waals surface area (Å²) in [6, 6.07) is 1.67. The lowest BCUT2D eigenvalue weighted by Gasteiger charge is -2.32. The highest BCUT2D eigenvalue weighted by atomic mass is 16.5. The molecule has 0 saturated carbocycles. The highest BCUT2D eigenvalue weighted by Crippen LogP contribution is 2.21. The van der Waals surface area contributed by atoms with Crippen LogP contribution in [0.2, 0.25) is 0 Å². The van der Waals surface area contributed by atoms with Gasteiger partial charge in [0.15, 0.2) is 0 Å². The first-order chi connectivity index (χ1) is 14.5. The summed E-state index contributed by atoms with van der Waals surface area (Å²) in [6.45, 7) is 6.54. The normalized spacial score (nSPS) is 19.7. The van der Waals surface area contributed by atoms with Crippen molar-refractivity contribution in [2.75, 3.05) is 39.4 Å². The van der Waals surface area contributed by atoms with E-state index in [0.717, 1.165) is 12.8 Å². The van der Waals surface area contributed by atoms with Gasteiger partial charge in [-0.1, -0.05) is 0 Å². The van der Waals surface area contributed by atoms with Crippen LogP contribution in [0.1, 0.15) is 55.1 Å². The third kappa shape index (κ3) is 5.62. The molecule has 2 amide bonds. The van der Waals surface area contributed by atoms with Gasteiger partial charge in [0, 0.05) is 39.2 Å². The summed E-state index contributed by atoms with van der Waals surface area (Å²) in [6.07, 6.45) is 4.92. The first kappa shape index (κ1) is 22.3. The Morgan fingerprint density at radius 1 is 1.23 bits per heavy atom. The van der Waals surface area contributed by atoms with Gasteiger partial charge >= 0.3 is 5.97 Å². The molecule has 1 aromatic rings. The standard InChI is InChI=1S/C22H32N2O6/c1-3-28-22(27)17-6-10-23(11-7-17)20(25)8-12-24(15-18-5-4-13-30-18)21(26)19-9-14-29-16(19)2/h9,14,17-18H,3-8,10-13,15H2,1-2H3. The fourth-order valence-electron chi connectivity index (χ4n) is 4.10. The van der Waals surface area contributed by atoms with Gasteiger partial charge < -0.3 is 23.7 Å². The Hall–Kier alpha value is -2.35. The summed E-state index contributed by atoms with van der Waals surface area (Å²) in [5.41, 5.74) is 0.524. The van der Waals surface area contributed by atoms with Crippen molar-refractivity contribution in [2.24, 2.45) is 5.92 Å². The summed E-state index contributed by atoms with van der Waals surface area (Å²) in [7, 11) is 0. The smallest absolute Gasteiger partial charge is 0.309 e. The third-order valence-corrected chi connectivity index (χ3v) is 5.89. The largest absolute Gasteiger partial charge is 0.469 e. The predicted octanol–water partition coefficient (Wildman–Crippen LogP) is 2.40. The van der Waals surface area contributed by atoms with Crippen LogP contribution >= 0.6 is 0 Å². The number of carbonyl (C=O) groups is 3. The second-order valence-corrected chi connectivity index (χ2v) is 7.93. The maximum atomic E-state index is 13.0. The fraction of sp³-hybridized carbons (Fsp3) is 0.682. The highest BCUT2D eigenvalue weighted by molar-refractivity contribution is 5.95. The molecule has 2 saturated heterocycles. The van der Waals surface area contributed by atoms with Crippen molar-refractivity contribution >= 4 is 17.8 Å². The number of esters is 1. The fourth-order valence-corrected chi connectivity index (χ4v) is 4.10. The van der Waals surface area contributed by atoms with Gasteiger partial charge in [-0.25, -0.2) is 0 Å². The number of furan rings is 1. The molecular weight excluding hydrogens is 388 g/mol. The van der Waals surface area contributed by atoms with Gasteiger partial charge in [-0.3, -0.25) is 14.4 Å². The van der Waals surface area contributed by atoms with E-state index < -0.39 is 0 Å². The van der Waals surface area contributed by atoms with E-state index in [1.807, 2.05) is 0 Å². The molecule has 166 valence electrons. The molecule has 2 fully saturated rings. The number of carbonyl (C=O) groups excluding carboxylic acids is 3. The van der Waals surface area contributed by atoms with Crippen molar-refractivity contribution in [1.82, 2.24) is 9.80 Å². The van der Waals surface area contributed by atoms with Crippen molar-refractivity contribution in [3.8, 4) is 0 Å². The zero-order valence-corrected chi connectivity index (χ0v) is 17.9. The topological polar surface area (TPSA) is 89.3 Å². The quantitative estimate of drug-likeness (QED) is 0.600. The number of nitrogens with zero attached hydrogens (tertiary/aromatic N) is 2. The molecule has 2 aliphatic rings. The van der Waals surface area contributed by atoms with Gasteiger partial charge in [-0.05, 0) is 45.6 Å². The van der Waals surface area contributed by atoms with Crippen molar-refractivity contribution in [2.45, 2.75) is 52.1 Å². The number of aryl methyl sites for hydroxylation is 1. The summed E-state index contributed by atoms with van der Waals surface area (Å²) in [4.78, 5) is 41.1. The van der Waals surface area contributed by atoms with Crippen LogP contribution in [0.3, 0.4) is 0 Å². The minimum atomic E-state index is -0.173. The van der Waals surface area contributed by atoms with Gasteiger partial charge in [-0.15, -0.1) is 0 Å². The molecule has 0 spiro atoms. The average molecular weight is 421 g/mol. The van der Waals surface area contributed by atoms with E-state index in [4.69, 9.17) is 13.9 Å². The Kier molecular flexibility index (Phi) is 7.90. The molecular formula is C22H32N2O6. The van der Waals surface area contributed by atoms with Crippen LogP contribution in [0.15, 0.2) is 16.7 Å². The molecule has 3 rings (SSSR count). The van der Waals surface area contributed by atoms with Crippen molar-refractivity contribution < 1.29 is 28.3 Å². The predicted molar refractivity (Wildman–Crippen MR) is 109 cm³/mol. The van der Waals surface area contributed by atoms with Gasteiger partial charge in [0.1, 0.15) is 5.76 Å². The van der Waals surface area contributed by atoms with Crippen molar-refractivity contribution in [3.05, 3.63) is 23.7 Å². The number of piperidine rings is 1. The lowest BCUT2D eigenvalue weighted by molar-refractivity contribution is -0.151. The van der Waals surface area contributed by atoms with Gasteiger partial charge in [0.05, 0.1) is 30.5 Å². The molecule has 1 aromatic heterocycles. The summed E-state index contributed by atoms with van der Waals surface area (Å²) in [5, 5.41) is 0. The van der Waals surface area contributed by atoms with Crippen LogP contribution in [0.25, 0.3) is 0 Å². The van der Waals surface area contributed by atoms with E-state index in [1.165, 1.54) is 6.26 Å². The molecule has 2 aliphatic heterocycles. The van der Waals surface area contributed by atoms with Crippen LogP contribution in [-0.2, 0) is 19.1 Å². The number of likely N-dealkylation sites (tertiary alicyclic amines) is 1. The Bertz CT molecular complexity index is 732. The van der Waals surface area contributed by atoms with Crippen LogP contribution in [0.5, 0.6) is 0 Å². The molecule has 0 bridgehead atoms. The average Bonchev–Trinajstić information content (AvgIpc) is 3.42. The minimum Gasteiger partial charge on any atom is -0.469 e. The molecule has 0 N–H and O–H groups in total. The Balaban J connectivity index is 1.54. The summed E-state index contributed by atoms with van der Waals surface area (Å²) >= 11 is 0. The lowest BCUT2D eigenvalue weighted by atomic mass is 9.97. The highest BCUT2D eigenvalue weighted by Gasteiger charge is 2.30. The van der Waals surface area contributed by atoms with E-state index in [2.05, 4.69) is 0 Å². The summed E-state index contributed by atoms with van der Waals surface area (Å²) < 4.78 is 16.1. The van der Waals surface area contributed by atoms with E-state index in [1.54, 1.807) is 29.7 Å². The molecule has 0 radical (unpaired) electrons. The third-order valence-electron chi connectivity index (χ3n) is 5.89. The van der Waals surface area contributed by atoms with Crippen LogP contribution in [0.4, 0.5) is 0 Å². The second kappa shape index (κ2) is 10.6. The Morgan fingerprint density at radius 2 is 2.00 bits per heavy atom. The van der Waals surface area contributed by atoms with Crippen LogP contribution in [0, 0.1) is 12.8 Å². The van der Waals surface area contributed by atoms with Crippen molar-refractivity contribution in [1.29, 1.82) is 0 Å². The first-order valence-electron chi connectivity index (χ1n) is 10.9. The maximum Gasteiger partial charge on any atom is 0.309 e. The molecule has 0 aliphatic carbocycles. The van der Waals surface area contributed by atoms with Crippen molar-refractivity contribution in [3.63, 3.8) is 0 Å². The number of hydrogen-bond acceptors (Lipinski definition) is 6. The molecule has 1 unspecified atom stereocenters. The Morgan fingerprint density at radius 3 is 2.60 bits per heavy atom. The lowest BCUT2D eigenvalue weighted by Crippen LogP contribution is -2.43. The monoisotopic (exact) mass is 420 g/mol. The van der Waals surface area contributed by atoms with Gasteiger partial charge in [0.25, 0.3) is 5.91 Å². The van der Waals surface area contributed by atoms with Gasteiger partial charge in [0.2, 0.25) is 5.91 Å². The molecule has 30 heavy (non-hydrogen) atoms. The first-order valence-corrected chi connectivity index (χ1v) is 10.9. The zero-order valence-electron chi connectivity index (χ0n) is 17.9. The minimum absolute atomic E-state index is 0.00589. The second-order valence-electron chi connectivity index (χ2n) is 7.93. The number of hydrogen-bond donors (Lipinski definition) is 0. The zero-order chi connectivity index (χ0) is 21.5. The SMILES string of the molecule is CCOC(=O)C1CCN(C(=O)CCN(CC2CCCO2)C(=O)c2ccoc2C)CC1.